The Morgan fingerprint density at radius 3 is 2.86 bits per heavy atom. The molecular formula is C18H17FN2O. The molecule has 2 aromatic carbocycles. The number of aromatic nitrogens is 1. The van der Waals surface area contributed by atoms with Crippen LogP contribution in [0.2, 0.25) is 0 Å². The van der Waals surface area contributed by atoms with Crippen LogP contribution in [-0.2, 0) is 11.2 Å². The molecule has 3 aromatic rings. The second-order valence-electron chi connectivity index (χ2n) is 5.48. The van der Waals surface area contributed by atoms with Crippen LogP contribution < -0.4 is 5.32 Å². The monoisotopic (exact) mass is 296 g/mol. The van der Waals surface area contributed by atoms with Crippen molar-refractivity contribution in [2.24, 2.45) is 0 Å². The number of hydrogen-bond acceptors (Lipinski definition) is 1. The Bertz CT molecular complexity index is 851. The van der Waals surface area contributed by atoms with Crippen molar-refractivity contribution < 1.29 is 9.18 Å². The van der Waals surface area contributed by atoms with E-state index in [4.69, 9.17) is 0 Å². The number of carbonyl (C=O) groups excluding carboxylic acids is 1. The molecule has 0 atom stereocenters. The van der Waals surface area contributed by atoms with Gasteiger partial charge in [0.1, 0.15) is 5.82 Å². The van der Waals surface area contributed by atoms with E-state index in [9.17, 15) is 9.18 Å². The minimum Gasteiger partial charge on any atom is -0.361 e. The van der Waals surface area contributed by atoms with Crippen molar-refractivity contribution in [3.05, 3.63) is 65.1 Å². The van der Waals surface area contributed by atoms with Gasteiger partial charge in [-0.25, -0.2) is 4.39 Å². The number of rotatable bonds is 3. The molecule has 4 heteroatoms. The first-order valence-electron chi connectivity index (χ1n) is 7.16. The van der Waals surface area contributed by atoms with Crippen LogP contribution in [0.5, 0.6) is 0 Å². The Balaban J connectivity index is 1.81. The summed E-state index contributed by atoms with van der Waals surface area (Å²) in [5, 5.41) is 3.67. The topological polar surface area (TPSA) is 44.9 Å². The third-order valence-electron chi connectivity index (χ3n) is 3.96. The van der Waals surface area contributed by atoms with Gasteiger partial charge >= 0.3 is 0 Å². The third-order valence-corrected chi connectivity index (χ3v) is 3.96. The fourth-order valence-corrected chi connectivity index (χ4v) is 2.55. The summed E-state index contributed by atoms with van der Waals surface area (Å²) >= 11 is 0. The normalized spacial score (nSPS) is 10.9. The number of aryl methyl sites for hydroxylation is 1. The SMILES string of the molecule is Cc1cccc(NC(=O)Cc2c[nH]c3ccc(F)cc23)c1C. The molecule has 2 N–H and O–H groups in total. The van der Waals surface area contributed by atoms with Gasteiger partial charge in [-0.15, -0.1) is 0 Å². The second kappa shape index (κ2) is 5.64. The number of benzene rings is 2. The largest absolute Gasteiger partial charge is 0.361 e. The molecule has 0 saturated heterocycles. The van der Waals surface area contributed by atoms with Crippen LogP contribution >= 0.6 is 0 Å². The lowest BCUT2D eigenvalue weighted by Gasteiger charge is -2.10. The van der Waals surface area contributed by atoms with Gasteiger partial charge < -0.3 is 10.3 Å². The first kappa shape index (κ1) is 14.3. The quantitative estimate of drug-likeness (QED) is 0.750. The third kappa shape index (κ3) is 2.72. The van der Waals surface area contributed by atoms with Crippen molar-refractivity contribution in [3.63, 3.8) is 0 Å². The predicted octanol–water partition coefficient (Wildman–Crippen LogP) is 4.11. The van der Waals surface area contributed by atoms with Gasteiger partial charge in [0.2, 0.25) is 5.91 Å². The Labute approximate surface area is 128 Å². The zero-order valence-electron chi connectivity index (χ0n) is 12.5. The number of halogens is 1. The highest BCUT2D eigenvalue weighted by atomic mass is 19.1. The van der Waals surface area contributed by atoms with Gasteiger partial charge in [-0.3, -0.25) is 4.79 Å². The Kier molecular flexibility index (Phi) is 3.67. The van der Waals surface area contributed by atoms with Gasteiger partial charge in [-0.2, -0.15) is 0 Å². The maximum atomic E-state index is 13.4. The van der Waals surface area contributed by atoms with Crippen LogP contribution in [0.25, 0.3) is 10.9 Å². The van der Waals surface area contributed by atoms with Crippen LogP contribution in [0.15, 0.2) is 42.6 Å². The van der Waals surface area contributed by atoms with Crippen molar-refractivity contribution in [3.8, 4) is 0 Å². The zero-order chi connectivity index (χ0) is 15.7. The van der Waals surface area contributed by atoms with Gasteiger partial charge in [-0.1, -0.05) is 12.1 Å². The molecule has 3 rings (SSSR count). The summed E-state index contributed by atoms with van der Waals surface area (Å²) < 4.78 is 13.4. The summed E-state index contributed by atoms with van der Waals surface area (Å²) in [5.41, 5.74) is 4.62. The standard InChI is InChI=1S/C18H17FN2O/c1-11-4-3-5-16(12(11)2)21-18(22)8-13-10-20-17-7-6-14(19)9-15(13)17/h3-7,9-10,20H,8H2,1-2H3,(H,21,22). The van der Waals surface area contributed by atoms with E-state index in [1.807, 2.05) is 32.0 Å². The van der Waals surface area contributed by atoms with E-state index in [0.29, 0.717) is 0 Å². The fraction of sp³-hybridized carbons (Fsp3) is 0.167. The van der Waals surface area contributed by atoms with E-state index in [2.05, 4.69) is 10.3 Å². The van der Waals surface area contributed by atoms with Crippen LogP contribution in [0.1, 0.15) is 16.7 Å². The number of nitrogens with one attached hydrogen (secondary N) is 2. The molecule has 3 nitrogen and oxygen atoms in total. The Hall–Kier alpha value is -2.62. The highest BCUT2D eigenvalue weighted by Gasteiger charge is 2.11. The number of carbonyl (C=O) groups is 1. The molecular weight excluding hydrogens is 279 g/mol. The highest BCUT2D eigenvalue weighted by Crippen LogP contribution is 2.21. The van der Waals surface area contributed by atoms with Crippen molar-refractivity contribution in [2.45, 2.75) is 20.3 Å². The molecule has 0 saturated carbocycles. The number of fused-ring (bicyclic) bond motifs is 1. The minimum absolute atomic E-state index is 0.112. The van der Waals surface area contributed by atoms with Gasteiger partial charge in [0.25, 0.3) is 0 Å². The average Bonchev–Trinajstić information content (AvgIpc) is 2.86. The molecule has 112 valence electrons. The van der Waals surface area contributed by atoms with E-state index in [0.717, 1.165) is 33.3 Å². The van der Waals surface area contributed by atoms with Crippen LogP contribution in [0.4, 0.5) is 10.1 Å². The smallest absolute Gasteiger partial charge is 0.228 e. The number of anilines is 1. The minimum atomic E-state index is -0.303. The maximum Gasteiger partial charge on any atom is 0.228 e. The molecule has 0 spiro atoms. The second-order valence-corrected chi connectivity index (χ2v) is 5.48. The van der Waals surface area contributed by atoms with Crippen LogP contribution in [0.3, 0.4) is 0 Å². The van der Waals surface area contributed by atoms with E-state index >= 15 is 0 Å². The number of amides is 1. The lowest BCUT2D eigenvalue weighted by atomic mass is 10.1. The summed E-state index contributed by atoms with van der Waals surface area (Å²) in [4.78, 5) is 15.3. The van der Waals surface area contributed by atoms with E-state index in [1.54, 1.807) is 12.3 Å². The first-order chi connectivity index (χ1) is 10.5. The summed E-state index contributed by atoms with van der Waals surface area (Å²) in [6.07, 6.45) is 1.96. The van der Waals surface area contributed by atoms with Crippen molar-refractivity contribution >= 4 is 22.5 Å². The fourth-order valence-electron chi connectivity index (χ4n) is 2.55. The van der Waals surface area contributed by atoms with E-state index in [-0.39, 0.29) is 18.1 Å². The van der Waals surface area contributed by atoms with Crippen molar-refractivity contribution in [1.82, 2.24) is 4.98 Å². The maximum absolute atomic E-state index is 13.4. The summed E-state index contributed by atoms with van der Waals surface area (Å²) in [7, 11) is 0. The van der Waals surface area contributed by atoms with Crippen LogP contribution in [0, 0.1) is 19.7 Å². The van der Waals surface area contributed by atoms with Gasteiger partial charge in [0.15, 0.2) is 0 Å². The van der Waals surface area contributed by atoms with E-state index < -0.39 is 0 Å². The molecule has 0 radical (unpaired) electrons. The molecule has 1 heterocycles. The molecule has 0 bridgehead atoms. The van der Waals surface area contributed by atoms with E-state index in [1.165, 1.54) is 12.1 Å². The molecule has 22 heavy (non-hydrogen) atoms. The average molecular weight is 296 g/mol. The summed E-state index contributed by atoms with van der Waals surface area (Å²) in [6.45, 7) is 3.99. The zero-order valence-corrected chi connectivity index (χ0v) is 12.5. The van der Waals surface area contributed by atoms with Gasteiger partial charge in [0.05, 0.1) is 6.42 Å². The Morgan fingerprint density at radius 2 is 2.05 bits per heavy atom. The Morgan fingerprint density at radius 1 is 1.23 bits per heavy atom. The summed E-state index contributed by atoms with van der Waals surface area (Å²) in [6, 6.07) is 10.3. The molecule has 0 aliphatic rings. The first-order valence-corrected chi connectivity index (χ1v) is 7.16. The molecule has 0 unspecified atom stereocenters. The highest BCUT2D eigenvalue weighted by molar-refractivity contribution is 5.96. The molecule has 0 fully saturated rings. The molecule has 0 aliphatic carbocycles. The summed E-state index contributed by atoms with van der Waals surface area (Å²) in [5.74, 6) is -0.415. The molecule has 0 aliphatic heterocycles. The van der Waals surface area contributed by atoms with Crippen LogP contribution in [-0.4, -0.2) is 10.9 Å². The molecule has 1 aromatic heterocycles. The van der Waals surface area contributed by atoms with Gasteiger partial charge in [-0.05, 0) is 54.8 Å². The predicted molar refractivity (Wildman–Crippen MR) is 86.5 cm³/mol. The number of H-pyrrole nitrogens is 1. The number of hydrogen-bond donors (Lipinski definition) is 2. The van der Waals surface area contributed by atoms with Gasteiger partial charge in [0, 0.05) is 22.8 Å². The lowest BCUT2D eigenvalue weighted by Crippen LogP contribution is -2.15. The molecule has 1 amide bonds. The van der Waals surface area contributed by atoms with Crippen molar-refractivity contribution in [1.29, 1.82) is 0 Å². The lowest BCUT2D eigenvalue weighted by molar-refractivity contribution is -0.115. The van der Waals surface area contributed by atoms with Crippen molar-refractivity contribution in [2.75, 3.05) is 5.32 Å². The number of aromatic amines is 1.